The van der Waals surface area contributed by atoms with Gasteiger partial charge in [-0.15, -0.1) is 11.8 Å². The molecule has 0 saturated carbocycles. The fourth-order valence-corrected chi connectivity index (χ4v) is 15.9. The van der Waals surface area contributed by atoms with Gasteiger partial charge in [-0.25, -0.2) is 21.6 Å². The molecule has 3 N–H and O–H groups in total. The number of hydrogen-bond donors (Lipinski definition) is 3. The fourth-order valence-electron chi connectivity index (χ4n) is 12.8. The van der Waals surface area contributed by atoms with E-state index < -0.39 is 82.5 Å². The third kappa shape index (κ3) is 13.1. The number of nitrogens with zero attached hydrogens (tertiary/aromatic N) is 5. The molecule has 5 heterocycles. The molecule has 1 unspecified atom stereocenters. The van der Waals surface area contributed by atoms with Crippen molar-refractivity contribution in [2.75, 3.05) is 68.3 Å². The zero-order chi connectivity index (χ0) is 60.9. The molecule has 0 radical (unpaired) electrons. The number of sulfonamides is 1. The van der Waals surface area contributed by atoms with E-state index in [1.807, 2.05) is 47.2 Å². The van der Waals surface area contributed by atoms with Crippen LogP contribution in [0.1, 0.15) is 101 Å². The number of anilines is 2. The molecule has 5 aliphatic heterocycles. The van der Waals surface area contributed by atoms with Crippen LogP contribution in [0.15, 0.2) is 136 Å². The normalized spacial score (nSPS) is 21.7. The first-order valence-electron chi connectivity index (χ1n) is 28.7. The Morgan fingerprint density at radius 3 is 2.19 bits per heavy atom. The largest absolute Gasteiger partial charge is 0.501 e. The topological polar surface area (TPSA) is 206 Å². The Hall–Kier alpha value is -6.60. The second-order valence-corrected chi connectivity index (χ2v) is 29.0. The van der Waals surface area contributed by atoms with Crippen LogP contribution in [0.5, 0.6) is 0 Å². The van der Waals surface area contributed by atoms with Gasteiger partial charge in [-0.05, 0) is 140 Å². The minimum atomic E-state index is -6.16. The summed E-state index contributed by atoms with van der Waals surface area (Å²) in [5.74, 6) is -3.09. The van der Waals surface area contributed by atoms with E-state index in [2.05, 4.69) is 56.2 Å². The van der Waals surface area contributed by atoms with Gasteiger partial charge in [0.05, 0.1) is 21.7 Å². The van der Waals surface area contributed by atoms with E-state index in [1.54, 1.807) is 30.3 Å². The highest BCUT2D eigenvalue weighted by atomic mass is 35.5. The first kappa shape index (κ1) is 61.1. The Bertz CT molecular complexity index is 3740. The van der Waals surface area contributed by atoms with Crippen LogP contribution in [-0.4, -0.2) is 154 Å². The molecule has 0 spiro atoms. The highest BCUT2D eigenvalue weighted by molar-refractivity contribution is 7.99. The van der Waals surface area contributed by atoms with Gasteiger partial charge < -0.3 is 10.2 Å². The highest BCUT2D eigenvalue weighted by Crippen LogP contribution is 2.44. The average Bonchev–Trinajstić information content (AvgIpc) is 1.54. The molecule has 4 atom stereocenters. The Morgan fingerprint density at radius 2 is 1.50 bits per heavy atom. The fraction of sp³-hybridized carbons (Fsp3) is 0.403. The number of rotatable bonds is 19. The Morgan fingerprint density at radius 1 is 0.802 bits per heavy atom. The lowest BCUT2D eigenvalue weighted by atomic mass is 9.73. The van der Waals surface area contributed by atoms with Crippen molar-refractivity contribution in [1.82, 2.24) is 29.6 Å². The van der Waals surface area contributed by atoms with Crippen LogP contribution < -0.4 is 20.3 Å². The van der Waals surface area contributed by atoms with Crippen molar-refractivity contribution < 1.29 is 54.0 Å². The van der Waals surface area contributed by atoms with Crippen molar-refractivity contribution in [2.45, 2.75) is 110 Å². The molecule has 454 valence electrons. The van der Waals surface area contributed by atoms with Gasteiger partial charge in [-0.2, -0.15) is 13.2 Å². The molecule has 11 rings (SSSR count). The number of alkyl halides is 3. The number of imide groups is 2. The van der Waals surface area contributed by atoms with Gasteiger partial charge in [0.25, 0.3) is 37.6 Å². The summed E-state index contributed by atoms with van der Waals surface area (Å²) in [6.07, 6.45) is 4.33. The van der Waals surface area contributed by atoms with Crippen molar-refractivity contribution in [3.8, 4) is 0 Å². The number of hydrogen-bond acceptors (Lipinski definition) is 15. The van der Waals surface area contributed by atoms with Crippen molar-refractivity contribution in [1.29, 1.82) is 0 Å². The number of allylic oxidation sites excluding steroid dienone is 1. The number of piperidine rings is 1. The summed E-state index contributed by atoms with van der Waals surface area (Å²) in [5, 5.41) is 5.95. The van der Waals surface area contributed by atoms with E-state index in [0.717, 1.165) is 78.5 Å². The number of fused-ring (bicyclic) bond motifs is 3. The smallest absolute Gasteiger partial charge is 0.380 e. The number of sulfone groups is 1. The average molecular weight is 1260 g/mol. The van der Waals surface area contributed by atoms with Crippen LogP contribution in [0.3, 0.4) is 0 Å². The van der Waals surface area contributed by atoms with Crippen molar-refractivity contribution >= 4 is 89.7 Å². The second kappa shape index (κ2) is 24.5. The Labute approximate surface area is 507 Å². The predicted molar refractivity (Wildman–Crippen MR) is 322 cm³/mol. The van der Waals surface area contributed by atoms with Crippen LogP contribution in [0.25, 0.3) is 5.57 Å². The van der Waals surface area contributed by atoms with Gasteiger partial charge in [-0.3, -0.25) is 48.9 Å². The van der Waals surface area contributed by atoms with Crippen molar-refractivity contribution in [2.24, 2.45) is 5.41 Å². The van der Waals surface area contributed by atoms with E-state index in [4.69, 9.17) is 11.6 Å². The molecule has 6 aliphatic rings. The monoisotopic (exact) mass is 1250 g/mol. The molecule has 5 amide bonds. The SMILES string of the molecule is CC1(C)CCC(c2ccc(Cl)cc2)=C(CN2CCN(c3ccc(C(=O)NS(=O)(=O)c4ccc(N[C@H](CCN5C[C@@H]6C[C@H]5CN6Cc5ccc6c(c5)C(=O)N(C5CCC(=O)NC5=O)C6=O)CSc5ccccc5)c(S(=O)(=O)C(F)(F)F)c4)cc3)CC2)C1. The van der Waals surface area contributed by atoms with Crippen LogP contribution in [-0.2, 0) is 36.0 Å². The molecular formula is C62H66ClF3N8O9S3. The van der Waals surface area contributed by atoms with E-state index >= 15 is 0 Å². The standard InChI is InChI=1S/C62H66ClF3N8O9S3/c1-61(2)24-22-50(40-9-13-43(63)14-10-40)42(33-61)35-70-26-28-71(29-27-70)45-15-11-41(12-16-45)57(76)69-86(82,83)49-17-19-53(55(32-49)85(80,81)62(64,65)66)67-44(38-84-48-6-4-3-5-7-48)23-25-72-36-47-31-46(72)37-73(47)34-39-8-18-51-52(30-39)60(79)74(59(51)78)54-20-21-56(75)68-58(54)77/h3-19,30,32,44,46-47,54,67H,20-29,31,33-38H2,1-2H3,(H,69,76)(H,68,75,77)/t44-,46+,47+,54?/m1/s1. The van der Waals surface area contributed by atoms with E-state index in [0.29, 0.717) is 62.5 Å². The highest BCUT2D eigenvalue weighted by Gasteiger charge is 2.49. The molecule has 4 saturated heterocycles. The van der Waals surface area contributed by atoms with Gasteiger partial charge in [0, 0.05) is 110 Å². The third-order valence-electron chi connectivity index (χ3n) is 17.4. The van der Waals surface area contributed by atoms with Gasteiger partial charge in [0.15, 0.2) is 0 Å². The number of piperazine rings is 2. The summed E-state index contributed by atoms with van der Waals surface area (Å²) in [7, 11) is -11.1. The van der Waals surface area contributed by atoms with Gasteiger partial charge >= 0.3 is 5.51 Å². The number of halogens is 4. The summed E-state index contributed by atoms with van der Waals surface area (Å²) < 4.78 is 100. The minimum Gasteiger partial charge on any atom is -0.380 e. The van der Waals surface area contributed by atoms with Crippen LogP contribution in [0.2, 0.25) is 5.02 Å². The molecule has 24 heteroatoms. The summed E-state index contributed by atoms with van der Waals surface area (Å²) in [6, 6.07) is 29.6. The van der Waals surface area contributed by atoms with Crippen LogP contribution >= 0.6 is 23.4 Å². The van der Waals surface area contributed by atoms with Gasteiger partial charge in [0.2, 0.25) is 11.8 Å². The molecule has 5 aromatic rings. The maximum Gasteiger partial charge on any atom is 0.501 e. The van der Waals surface area contributed by atoms with Gasteiger partial charge in [-0.1, -0.05) is 67.4 Å². The summed E-state index contributed by atoms with van der Waals surface area (Å²) >= 11 is 7.63. The number of likely N-dealkylation sites (tertiary alicyclic amines) is 2. The number of amides is 5. The van der Waals surface area contributed by atoms with E-state index in [-0.39, 0.29) is 47.0 Å². The molecule has 4 fully saturated rings. The maximum atomic E-state index is 14.6. The summed E-state index contributed by atoms with van der Waals surface area (Å²) in [4.78, 5) is 73.5. The van der Waals surface area contributed by atoms with Gasteiger partial charge in [0.1, 0.15) is 10.9 Å². The molecule has 17 nitrogen and oxygen atoms in total. The number of benzene rings is 5. The predicted octanol–water partition coefficient (Wildman–Crippen LogP) is 8.86. The summed E-state index contributed by atoms with van der Waals surface area (Å²) in [5.41, 5.74) is -0.0921. The van der Waals surface area contributed by atoms with E-state index in [9.17, 15) is 54.0 Å². The van der Waals surface area contributed by atoms with Crippen LogP contribution in [0.4, 0.5) is 24.5 Å². The lowest BCUT2D eigenvalue weighted by Gasteiger charge is -2.39. The van der Waals surface area contributed by atoms with Crippen LogP contribution in [0, 0.1) is 5.41 Å². The molecule has 2 bridgehead atoms. The Kier molecular flexibility index (Phi) is 17.4. The molecule has 1 aliphatic carbocycles. The van der Waals surface area contributed by atoms with Crippen molar-refractivity contribution in [3.63, 3.8) is 0 Å². The minimum absolute atomic E-state index is 0.0109. The van der Waals surface area contributed by atoms with Crippen molar-refractivity contribution in [3.05, 3.63) is 154 Å². The lowest BCUT2D eigenvalue weighted by molar-refractivity contribution is -0.136. The molecule has 86 heavy (non-hydrogen) atoms. The van der Waals surface area contributed by atoms with E-state index in [1.165, 1.54) is 40.6 Å². The Balaban J connectivity index is 0.729. The number of thioether (sulfide) groups is 1. The maximum absolute atomic E-state index is 14.6. The third-order valence-corrected chi connectivity index (χ3v) is 21.7. The zero-order valence-electron chi connectivity index (χ0n) is 47.4. The molecule has 5 aromatic carbocycles. The molecule has 0 aromatic heterocycles. The summed E-state index contributed by atoms with van der Waals surface area (Å²) in [6.45, 7) is 10.7. The molecular weight excluding hydrogens is 1190 g/mol. The quantitative estimate of drug-likeness (QED) is 0.0522. The lowest BCUT2D eigenvalue weighted by Crippen LogP contribution is -2.54. The number of carbonyl (C=O) groups excluding carboxylic acids is 5. The second-order valence-electron chi connectivity index (χ2n) is 23.8. The zero-order valence-corrected chi connectivity index (χ0v) is 50.7. The number of nitrogens with one attached hydrogen (secondary N) is 3. The number of carbonyl (C=O) groups is 5. The first-order valence-corrected chi connectivity index (χ1v) is 33.1. The first-order chi connectivity index (χ1) is 40.9.